The SMILES string of the molecule is COc1cc(C)c2ncc(C(=O)O)c(Br)c2c1. The number of hydrogen-bond donors (Lipinski definition) is 1. The second-order valence-corrected chi connectivity index (χ2v) is 4.42. The molecule has 4 nitrogen and oxygen atoms in total. The van der Waals surface area contributed by atoms with E-state index in [-0.39, 0.29) is 5.56 Å². The van der Waals surface area contributed by atoms with Crippen LogP contribution in [0.1, 0.15) is 15.9 Å². The Balaban J connectivity index is 2.83. The number of carboxylic acid groups (broad SMARTS) is 1. The fourth-order valence-electron chi connectivity index (χ4n) is 1.68. The maximum atomic E-state index is 11.0. The van der Waals surface area contributed by atoms with Crippen LogP contribution in [0.5, 0.6) is 5.75 Å². The monoisotopic (exact) mass is 295 g/mol. The van der Waals surface area contributed by atoms with Gasteiger partial charge in [0.05, 0.1) is 18.2 Å². The molecule has 0 saturated carbocycles. The molecule has 0 aliphatic heterocycles. The zero-order valence-electron chi connectivity index (χ0n) is 9.32. The van der Waals surface area contributed by atoms with Crippen LogP contribution in [0.4, 0.5) is 0 Å². The maximum absolute atomic E-state index is 11.0. The number of methoxy groups -OCH3 is 1. The third kappa shape index (κ3) is 1.98. The van der Waals surface area contributed by atoms with Crippen LogP contribution in [0, 0.1) is 6.92 Å². The first-order valence-corrected chi connectivity index (χ1v) is 5.70. The minimum Gasteiger partial charge on any atom is -0.497 e. The Labute approximate surface area is 106 Å². The normalized spacial score (nSPS) is 10.5. The van der Waals surface area contributed by atoms with Gasteiger partial charge < -0.3 is 9.84 Å². The highest BCUT2D eigenvalue weighted by atomic mass is 79.9. The molecule has 0 radical (unpaired) electrons. The lowest BCUT2D eigenvalue weighted by atomic mass is 10.1. The quantitative estimate of drug-likeness (QED) is 0.925. The smallest absolute Gasteiger partial charge is 0.338 e. The van der Waals surface area contributed by atoms with Crippen molar-refractivity contribution in [2.24, 2.45) is 0 Å². The number of benzene rings is 1. The topological polar surface area (TPSA) is 59.4 Å². The lowest BCUT2D eigenvalue weighted by molar-refractivity contribution is 0.0695. The van der Waals surface area contributed by atoms with Crippen LogP contribution < -0.4 is 4.74 Å². The molecule has 5 heteroatoms. The lowest BCUT2D eigenvalue weighted by Crippen LogP contribution is -2.00. The van der Waals surface area contributed by atoms with Gasteiger partial charge in [-0.05, 0) is 40.5 Å². The summed E-state index contributed by atoms with van der Waals surface area (Å²) in [7, 11) is 1.57. The summed E-state index contributed by atoms with van der Waals surface area (Å²) in [5, 5.41) is 9.76. The molecule has 2 aromatic rings. The van der Waals surface area contributed by atoms with Gasteiger partial charge in [-0.1, -0.05) is 0 Å². The van der Waals surface area contributed by atoms with Crippen LogP contribution in [0.3, 0.4) is 0 Å². The molecular formula is C12H10BrNO3. The Morgan fingerprint density at radius 1 is 1.47 bits per heavy atom. The van der Waals surface area contributed by atoms with Crippen molar-refractivity contribution in [3.8, 4) is 5.75 Å². The van der Waals surface area contributed by atoms with Gasteiger partial charge >= 0.3 is 5.97 Å². The Kier molecular flexibility index (Phi) is 3.02. The molecule has 1 N–H and O–H groups in total. The van der Waals surface area contributed by atoms with Crippen molar-refractivity contribution in [1.82, 2.24) is 4.98 Å². The van der Waals surface area contributed by atoms with E-state index in [1.54, 1.807) is 13.2 Å². The van der Waals surface area contributed by atoms with Gasteiger partial charge in [-0.15, -0.1) is 0 Å². The van der Waals surface area contributed by atoms with E-state index in [0.717, 1.165) is 16.5 Å². The van der Waals surface area contributed by atoms with Crippen molar-refractivity contribution in [1.29, 1.82) is 0 Å². The number of aryl methyl sites for hydroxylation is 1. The molecule has 0 spiro atoms. The highest BCUT2D eigenvalue weighted by Gasteiger charge is 2.14. The molecule has 0 atom stereocenters. The highest BCUT2D eigenvalue weighted by Crippen LogP contribution is 2.31. The zero-order valence-corrected chi connectivity index (χ0v) is 10.9. The molecule has 0 aliphatic rings. The predicted molar refractivity (Wildman–Crippen MR) is 67.7 cm³/mol. The van der Waals surface area contributed by atoms with E-state index in [0.29, 0.717) is 10.2 Å². The number of pyridine rings is 1. The van der Waals surface area contributed by atoms with Gasteiger partial charge in [-0.25, -0.2) is 4.79 Å². The molecule has 0 amide bonds. The van der Waals surface area contributed by atoms with Gasteiger partial charge in [-0.2, -0.15) is 0 Å². The van der Waals surface area contributed by atoms with Crippen LogP contribution in [-0.2, 0) is 0 Å². The van der Waals surface area contributed by atoms with Crippen molar-refractivity contribution in [3.63, 3.8) is 0 Å². The number of halogens is 1. The summed E-state index contributed by atoms with van der Waals surface area (Å²) in [5.74, 6) is -0.327. The Hall–Kier alpha value is -1.62. The molecule has 0 unspecified atom stereocenters. The van der Waals surface area contributed by atoms with E-state index in [4.69, 9.17) is 9.84 Å². The van der Waals surface area contributed by atoms with Crippen molar-refractivity contribution in [2.75, 3.05) is 7.11 Å². The molecule has 2 rings (SSSR count). The number of hydrogen-bond acceptors (Lipinski definition) is 3. The largest absolute Gasteiger partial charge is 0.497 e. The molecule has 0 bridgehead atoms. The van der Waals surface area contributed by atoms with Crippen molar-refractivity contribution < 1.29 is 14.6 Å². The second kappa shape index (κ2) is 4.33. The van der Waals surface area contributed by atoms with Crippen LogP contribution >= 0.6 is 15.9 Å². The molecule has 0 saturated heterocycles. The number of ether oxygens (including phenoxy) is 1. The van der Waals surface area contributed by atoms with Gasteiger partial charge in [0.2, 0.25) is 0 Å². The number of carboxylic acids is 1. The van der Waals surface area contributed by atoms with E-state index >= 15 is 0 Å². The van der Waals surface area contributed by atoms with E-state index in [1.165, 1.54) is 6.20 Å². The maximum Gasteiger partial charge on any atom is 0.338 e. The van der Waals surface area contributed by atoms with Crippen LogP contribution in [-0.4, -0.2) is 23.2 Å². The second-order valence-electron chi connectivity index (χ2n) is 3.63. The summed E-state index contributed by atoms with van der Waals surface area (Å²) in [4.78, 5) is 15.2. The summed E-state index contributed by atoms with van der Waals surface area (Å²) in [6.07, 6.45) is 1.36. The predicted octanol–water partition coefficient (Wildman–Crippen LogP) is 3.01. The molecule has 0 aliphatic carbocycles. The lowest BCUT2D eigenvalue weighted by Gasteiger charge is -2.08. The zero-order chi connectivity index (χ0) is 12.6. The number of rotatable bonds is 2. The molecule has 17 heavy (non-hydrogen) atoms. The Morgan fingerprint density at radius 2 is 2.18 bits per heavy atom. The summed E-state index contributed by atoms with van der Waals surface area (Å²) >= 11 is 3.30. The van der Waals surface area contributed by atoms with Gasteiger partial charge in [0.15, 0.2) is 0 Å². The van der Waals surface area contributed by atoms with E-state index in [2.05, 4.69) is 20.9 Å². The molecule has 1 heterocycles. The van der Waals surface area contributed by atoms with E-state index in [1.807, 2.05) is 13.0 Å². The van der Waals surface area contributed by atoms with Crippen LogP contribution in [0.2, 0.25) is 0 Å². The number of aromatic carboxylic acids is 1. The van der Waals surface area contributed by atoms with Crippen LogP contribution in [0.15, 0.2) is 22.8 Å². The van der Waals surface area contributed by atoms with Crippen molar-refractivity contribution >= 4 is 32.8 Å². The molecule has 0 fully saturated rings. The number of nitrogens with zero attached hydrogens (tertiary/aromatic N) is 1. The summed E-state index contributed by atoms with van der Waals surface area (Å²) in [5.41, 5.74) is 1.85. The first-order chi connectivity index (χ1) is 8.04. The summed E-state index contributed by atoms with van der Waals surface area (Å²) in [6.45, 7) is 1.91. The van der Waals surface area contributed by atoms with Gasteiger partial charge in [0.25, 0.3) is 0 Å². The van der Waals surface area contributed by atoms with Gasteiger partial charge in [0.1, 0.15) is 5.75 Å². The molecular weight excluding hydrogens is 286 g/mol. The first-order valence-electron chi connectivity index (χ1n) is 4.90. The fourth-order valence-corrected chi connectivity index (χ4v) is 2.26. The average molecular weight is 296 g/mol. The number of fused-ring (bicyclic) bond motifs is 1. The Bertz CT molecular complexity index is 610. The minimum absolute atomic E-state index is 0.144. The summed E-state index contributed by atoms with van der Waals surface area (Å²) < 4.78 is 5.69. The van der Waals surface area contributed by atoms with E-state index in [9.17, 15) is 4.79 Å². The summed E-state index contributed by atoms with van der Waals surface area (Å²) in [6, 6.07) is 3.63. The molecule has 88 valence electrons. The van der Waals surface area contributed by atoms with Crippen molar-refractivity contribution in [2.45, 2.75) is 6.92 Å². The van der Waals surface area contributed by atoms with Crippen LogP contribution in [0.25, 0.3) is 10.9 Å². The average Bonchev–Trinajstić information content (AvgIpc) is 2.29. The Morgan fingerprint density at radius 3 is 2.76 bits per heavy atom. The number of carbonyl (C=O) groups is 1. The third-order valence-electron chi connectivity index (χ3n) is 2.54. The van der Waals surface area contributed by atoms with E-state index < -0.39 is 5.97 Å². The minimum atomic E-state index is -1.01. The van der Waals surface area contributed by atoms with Crippen molar-refractivity contribution in [3.05, 3.63) is 33.9 Å². The standard InChI is InChI=1S/C12H10BrNO3/c1-6-3-7(17-2)4-8-10(13)9(12(15)16)5-14-11(6)8/h3-5H,1-2H3,(H,15,16). The molecule has 1 aromatic carbocycles. The third-order valence-corrected chi connectivity index (χ3v) is 3.39. The fraction of sp³-hybridized carbons (Fsp3) is 0.167. The highest BCUT2D eigenvalue weighted by molar-refractivity contribution is 9.10. The van der Waals surface area contributed by atoms with Gasteiger partial charge in [-0.3, -0.25) is 4.98 Å². The first kappa shape index (κ1) is 11.9. The molecule has 1 aromatic heterocycles. The number of aromatic nitrogens is 1. The van der Waals surface area contributed by atoms with Gasteiger partial charge in [0, 0.05) is 16.1 Å².